The normalized spacial score (nSPS) is 10.2. The van der Waals surface area contributed by atoms with Gasteiger partial charge in [-0.05, 0) is 58.1 Å². The molecular formula is C12H10BrNO2S. The fourth-order valence-corrected chi connectivity index (χ4v) is 2.87. The molecule has 0 aliphatic carbocycles. The van der Waals surface area contributed by atoms with Crippen LogP contribution in [0.25, 0.3) is 0 Å². The molecule has 0 fully saturated rings. The zero-order valence-electron chi connectivity index (χ0n) is 9.03. The van der Waals surface area contributed by atoms with Gasteiger partial charge in [-0.3, -0.25) is 4.79 Å². The van der Waals surface area contributed by atoms with Crippen molar-refractivity contribution in [3.05, 3.63) is 44.6 Å². The number of aromatic hydroxyl groups is 1. The molecule has 0 saturated carbocycles. The number of anilines is 1. The number of phenols is 1. The summed E-state index contributed by atoms with van der Waals surface area (Å²) in [7, 11) is 0. The van der Waals surface area contributed by atoms with E-state index in [4.69, 9.17) is 0 Å². The number of phenolic OH excluding ortho intramolecular Hbond substituents is 1. The van der Waals surface area contributed by atoms with Crippen LogP contribution in [0.1, 0.15) is 15.2 Å². The number of thiophene rings is 1. The molecule has 1 amide bonds. The van der Waals surface area contributed by atoms with Crippen molar-refractivity contribution in [3.63, 3.8) is 0 Å². The highest BCUT2D eigenvalue weighted by atomic mass is 79.9. The second-order valence-electron chi connectivity index (χ2n) is 3.55. The first-order valence-electron chi connectivity index (χ1n) is 4.92. The SMILES string of the molecule is Cc1cc(O)ccc1NC(=O)c1sccc1Br. The lowest BCUT2D eigenvalue weighted by atomic mass is 10.2. The van der Waals surface area contributed by atoms with Gasteiger partial charge in [-0.2, -0.15) is 0 Å². The molecule has 0 spiro atoms. The number of hydrogen-bond acceptors (Lipinski definition) is 3. The van der Waals surface area contributed by atoms with Crippen LogP contribution in [0.2, 0.25) is 0 Å². The van der Waals surface area contributed by atoms with Gasteiger partial charge in [0.25, 0.3) is 5.91 Å². The predicted octanol–water partition coefficient (Wildman–Crippen LogP) is 3.78. The summed E-state index contributed by atoms with van der Waals surface area (Å²) in [4.78, 5) is 12.6. The van der Waals surface area contributed by atoms with E-state index in [1.54, 1.807) is 18.2 Å². The molecule has 1 aromatic heterocycles. The van der Waals surface area contributed by atoms with Gasteiger partial charge in [-0.25, -0.2) is 0 Å². The van der Waals surface area contributed by atoms with Gasteiger partial charge in [-0.15, -0.1) is 11.3 Å². The molecule has 2 aromatic rings. The van der Waals surface area contributed by atoms with Crippen molar-refractivity contribution in [2.75, 3.05) is 5.32 Å². The Bertz CT molecular complexity index is 565. The highest BCUT2D eigenvalue weighted by Crippen LogP contribution is 2.25. The second kappa shape index (κ2) is 4.89. The van der Waals surface area contributed by atoms with Crippen LogP contribution < -0.4 is 5.32 Å². The average molecular weight is 312 g/mol. The average Bonchev–Trinajstić information content (AvgIpc) is 2.68. The van der Waals surface area contributed by atoms with Crippen molar-refractivity contribution in [3.8, 4) is 5.75 Å². The second-order valence-corrected chi connectivity index (χ2v) is 5.32. The Kier molecular flexibility index (Phi) is 3.49. The number of amides is 1. The van der Waals surface area contributed by atoms with Gasteiger partial charge in [-0.1, -0.05) is 0 Å². The number of aryl methyl sites for hydroxylation is 1. The van der Waals surface area contributed by atoms with E-state index in [1.165, 1.54) is 11.3 Å². The lowest BCUT2D eigenvalue weighted by Gasteiger charge is -2.07. The summed E-state index contributed by atoms with van der Waals surface area (Å²) in [5.41, 5.74) is 1.53. The molecule has 17 heavy (non-hydrogen) atoms. The summed E-state index contributed by atoms with van der Waals surface area (Å²) in [6.07, 6.45) is 0. The van der Waals surface area contributed by atoms with Crippen LogP contribution in [-0.2, 0) is 0 Å². The number of hydrogen-bond donors (Lipinski definition) is 2. The quantitative estimate of drug-likeness (QED) is 0.829. The van der Waals surface area contributed by atoms with Gasteiger partial charge in [0.15, 0.2) is 0 Å². The monoisotopic (exact) mass is 311 g/mol. The van der Waals surface area contributed by atoms with E-state index in [-0.39, 0.29) is 11.7 Å². The molecular weight excluding hydrogens is 302 g/mol. The number of halogens is 1. The number of carbonyl (C=O) groups excluding carboxylic acids is 1. The van der Waals surface area contributed by atoms with E-state index in [9.17, 15) is 9.90 Å². The standard InChI is InChI=1S/C12H10BrNO2S/c1-7-6-8(15)2-3-10(7)14-12(16)11-9(13)4-5-17-11/h2-6,15H,1H3,(H,14,16). The minimum atomic E-state index is -0.152. The first-order valence-corrected chi connectivity index (χ1v) is 6.59. The number of rotatable bonds is 2. The molecule has 0 aliphatic rings. The van der Waals surface area contributed by atoms with Crippen molar-refractivity contribution in [1.82, 2.24) is 0 Å². The zero-order chi connectivity index (χ0) is 12.4. The van der Waals surface area contributed by atoms with E-state index in [0.29, 0.717) is 10.6 Å². The Morgan fingerprint density at radius 2 is 2.18 bits per heavy atom. The third kappa shape index (κ3) is 2.68. The van der Waals surface area contributed by atoms with Gasteiger partial charge < -0.3 is 10.4 Å². The van der Waals surface area contributed by atoms with E-state index in [0.717, 1.165) is 10.0 Å². The van der Waals surface area contributed by atoms with E-state index in [1.807, 2.05) is 18.4 Å². The van der Waals surface area contributed by atoms with Crippen LogP contribution in [0, 0.1) is 6.92 Å². The summed E-state index contributed by atoms with van der Waals surface area (Å²) in [6.45, 7) is 1.83. The molecule has 1 aromatic carbocycles. The third-order valence-electron chi connectivity index (χ3n) is 2.28. The summed E-state index contributed by atoms with van der Waals surface area (Å²) < 4.78 is 0.788. The van der Waals surface area contributed by atoms with E-state index in [2.05, 4.69) is 21.2 Å². The molecule has 88 valence electrons. The summed E-state index contributed by atoms with van der Waals surface area (Å²) in [6, 6.07) is 6.68. The van der Waals surface area contributed by atoms with Crippen LogP contribution in [0.4, 0.5) is 5.69 Å². The Morgan fingerprint density at radius 1 is 1.41 bits per heavy atom. The van der Waals surface area contributed by atoms with Gasteiger partial charge in [0.05, 0.1) is 0 Å². The Balaban J connectivity index is 2.22. The van der Waals surface area contributed by atoms with E-state index < -0.39 is 0 Å². The lowest BCUT2D eigenvalue weighted by molar-refractivity contribution is 0.103. The molecule has 2 N–H and O–H groups in total. The smallest absolute Gasteiger partial charge is 0.266 e. The number of nitrogens with one attached hydrogen (secondary N) is 1. The lowest BCUT2D eigenvalue weighted by Crippen LogP contribution is -2.11. The highest BCUT2D eigenvalue weighted by molar-refractivity contribution is 9.10. The molecule has 1 heterocycles. The molecule has 3 nitrogen and oxygen atoms in total. The molecule has 2 rings (SSSR count). The van der Waals surface area contributed by atoms with Crippen molar-refractivity contribution in [1.29, 1.82) is 0 Å². The van der Waals surface area contributed by atoms with Crippen LogP contribution in [-0.4, -0.2) is 11.0 Å². The van der Waals surface area contributed by atoms with Crippen molar-refractivity contribution >= 4 is 38.9 Å². The molecule has 0 bridgehead atoms. The van der Waals surface area contributed by atoms with Gasteiger partial charge in [0.2, 0.25) is 0 Å². The molecule has 0 aliphatic heterocycles. The predicted molar refractivity (Wildman–Crippen MR) is 72.8 cm³/mol. The topological polar surface area (TPSA) is 49.3 Å². The molecule has 0 radical (unpaired) electrons. The molecule has 0 saturated heterocycles. The van der Waals surface area contributed by atoms with Gasteiger partial charge >= 0.3 is 0 Å². The fourth-order valence-electron chi connectivity index (χ4n) is 1.42. The molecule has 5 heteroatoms. The van der Waals surface area contributed by atoms with Crippen LogP contribution in [0.3, 0.4) is 0 Å². The minimum absolute atomic E-state index is 0.152. The zero-order valence-corrected chi connectivity index (χ0v) is 11.4. The maximum absolute atomic E-state index is 11.9. The Morgan fingerprint density at radius 3 is 2.76 bits per heavy atom. The maximum atomic E-state index is 11.9. The van der Waals surface area contributed by atoms with Crippen molar-refractivity contribution in [2.45, 2.75) is 6.92 Å². The van der Waals surface area contributed by atoms with E-state index >= 15 is 0 Å². The Labute approximate surface area is 111 Å². The maximum Gasteiger partial charge on any atom is 0.266 e. The van der Waals surface area contributed by atoms with Crippen molar-refractivity contribution in [2.24, 2.45) is 0 Å². The first kappa shape index (κ1) is 12.1. The van der Waals surface area contributed by atoms with Gasteiger partial charge in [0.1, 0.15) is 10.6 Å². The number of benzene rings is 1. The fraction of sp³-hybridized carbons (Fsp3) is 0.0833. The third-order valence-corrected chi connectivity index (χ3v) is 4.12. The van der Waals surface area contributed by atoms with Crippen molar-refractivity contribution < 1.29 is 9.90 Å². The first-order chi connectivity index (χ1) is 8.08. The van der Waals surface area contributed by atoms with Crippen LogP contribution >= 0.6 is 27.3 Å². The van der Waals surface area contributed by atoms with Gasteiger partial charge in [0, 0.05) is 10.2 Å². The molecule has 0 unspecified atom stereocenters. The number of carbonyl (C=O) groups is 1. The summed E-state index contributed by atoms with van der Waals surface area (Å²) in [5, 5.41) is 13.9. The van der Waals surface area contributed by atoms with Crippen LogP contribution in [0.5, 0.6) is 5.75 Å². The van der Waals surface area contributed by atoms with Crippen LogP contribution in [0.15, 0.2) is 34.1 Å². The Hall–Kier alpha value is -1.33. The summed E-state index contributed by atoms with van der Waals surface area (Å²) in [5.74, 6) is 0.0402. The summed E-state index contributed by atoms with van der Waals surface area (Å²) >= 11 is 4.70. The largest absolute Gasteiger partial charge is 0.508 e. The highest BCUT2D eigenvalue weighted by Gasteiger charge is 2.12. The molecule has 0 atom stereocenters. The minimum Gasteiger partial charge on any atom is -0.508 e.